The number of benzene rings is 1. The van der Waals surface area contributed by atoms with Gasteiger partial charge in [0.25, 0.3) is 5.91 Å². The van der Waals surface area contributed by atoms with Crippen molar-refractivity contribution in [2.45, 2.75) is 26.6 Å². The molecule has 0 aliphatic carbocycles. The summed E-state index contributed by atoms with van der Waals surface area (Å²) in [5.74, 6) is -0.786. The second kappa shape index (κ2) is 8.76. The highest BCUT2D eigenvalue weighted by atomic mass is 19.4. The fraction of sp³-hybridized carbons (Fsp3) is 0.192. The summed E-state index contributed by atoms with van der Waals surface area (Å²) in [6.45, 7) is 3.28. The topological polar surface area (TPSA) is 112 Å². The van der Waals surface area contributed by atoms with Crippen LogP contribution < -0.4 is 10.6 Å². The molecule has 0 atom stereocenters. The monoisotopic (exact) mass is 551 g/mol. The highest BCUT2D eigenvalue weighted by Gasteiger charge is 2.31. The smallest absolute Gasteiger partial charge is 0.382 e. The largest absolute Gasteiger partial charge is 0.417 e. The van der Waals surface area contributed by atoms with E-state index in [0.29, 0.717) is 33.9 Å². The molecule has 6 aromatic rings. The van der Waals surface area contributed by atoms with Gasteiger partial charge in [0.1, 0.15) is 28.6 Å². The molecular weight excluding hydrogens is 530 g/mol. The van der Waals surface area contributed by atoms with Crippen LogP contribution in [0.15, 0.2) is 49.1 Å². The van der Waals surface area contributed by atoms with Gasteiger partial charge in [0.05, 0.1) is 52.0 Å². The third kappa shape index (κ3) is 4.08. The Morgan fingerprint density at radius 1 is 1.07 bits per heavy atom. The number of anilines is 2. The van der Waals surface area contributed by atoms with Crippen molar-refractivity contribution in [1.82, 2.24) is 33.5 Å². The van der Waals surface area contributed by atoms with Crippen molar-refractivity contribution in [3.05, 3.63) is 83.2 Å². The molecule has 10 nitrogen and oxygen atoms in total. The maximum atomic E-state index is 15.5. The maximum Gasteiger partial charge on any atom is 0.417 e. The Morgan fingerprint density at radius 3 is 2.55 bits per heavy atom. The Kier molecular flexibility index (Phi) is 5.53. The first kappa shape index (κ1) is 25.3. The van der Waals surface area contributed by atoms with E-state index in [2.05, 4.69) is 20.1 Å². The zero-order valence-electron chi connectivity index (χ0n) is 21.4. The number of amides is 1. The molecule has 0 aliphatic heterocycles. The first-order valence-corrected chi connectivity index (χ1v) is 12.0. The van der Waals surface area contributed by atoms with E-state index in [9.17, 15) is 18.0 Å². The van der Waals surface area contributed by atoms with Crippen molar-refractivity contribution < 1.29 is 22.4 Å². The van der Waals surface area contributed by atoms with Gasteiger partial charge >= 0.3 is 6.18 Å². The predicted octanol–water partition coefficient (Wildman–Crippen LogP) is 4.47. The summed E-state index contributed by atoms with van der Waals surface area (Å²) >= 11 is 0. The molecule has 0 fully saturated rings. The summed E-state index contributed by atoms with van der Waals surface area (Å²) in [7, 11) is 1.67. The molecule has 14 heteroatoms. The van der Waals surface area contributed by atoms with Crippen molar-refractivity contribution in [3.8, 4) is 0 Å². The van der Waals surface area contributed by atoms with Gasteiger partial charge in [0.2, 0.25) is 0 Å². The van der Waals surface area contributed by atoms with Gasteiger partial charge in [-0.25, -0.2) is 19.3 Å². The van der Waals surface area contributed by atoms with Crippen molar-refractivity contribution in [2.75, 3.05) is 10.6 Å². The van der Waals surface area contributed by atoms with Crippen LogP contribution in [0.25, 0.3) is 22.2 Å². The Bertz CT molecular complexity index is 1970. The van der Waals surface area contributed by atoms with Crippen molar-refractivity contribution >= 4 is 39.6 Å². The van der Waals surface area contributed by atoms with Gasteiger partial charge in [0.15, 0.2) is 0 Å². The number of rotatable bonds is 4. The number of carbonyl (C=O) groups excluding carboxylic acids is 1. The van der Waals surface area contributed by atoms with E-state index in [1.54, 1.807) is 37.7 Å². The molecule has 5 heterocycles. The van der Waals surface area contributed by atoms with Gasteiger partial charge in [-0.05, 0) is 32.0 Å². The molecule has 40 heavy (non-hydrogen) atoms. The second-order valence-corrected chi connectivity index (χ2v) is 9.42. The molecule has 204 valence electrons. The predicted molar refractivity (Wildman–Crippen MR) is 138 cm³/mol. The zero-order valence-corrected chi connectivity index (χ0v) is 21.4. The van der Waals surface area contributed by atoms with E-state index in [1.165, 1.54) is 32.3 Å². The lowest BCUT2D eigenvalue weighted by Crippen LogP contribution is -2.31. The van der Waals surface area contributed by atoms with E-state index in [4.69, 9.17) is 5.73 Å². The number of halogens is 4. The molecule has 0 spiro atoms. The number of carbonyl (C=O) groups is 1. The van der Waals surface area contributed by atoms with Crippen molar-refractivity contribution in [2.24, 2.45) is 7.05 Å². The molecule has 6 rings (SSSR count). The average Bonchev–Trinajstić information content (AvgIpc) is 3.57. The summed E-state index contributed by atoms with van der Waals surface area (Å²) in [4.78, 5) is 28.2. The lowest BCUT2D eigenvalue weighted by molar-refractivity contribution is -0.137. The highest BCUT2D eigenvalue weighted by Crippen LogP contribution is 2.30. The first-order valence-electron chi connectivity index (χ1n) is 12.0. The number of nitrogens with zero attached hydrogens (tertiary/aromatic N) is 8. The third-order valence-electron chi connectivity index (χ3n) is 6.65. The van der Waals surface area contributed by atoms with Crippen molar-refractivity contribution in [3.63, 3.8) is 0 Å². The molecule has 1 amide bonds. The number of hydrogen-bond acceptors (Lipinski definition) is 6. The number of alkyl halides is 3. The van der Waals surface area contributed by atoms with Crippen LogP contribution in [0.5, 0.6) is 0 Å². The fourth-order valence-corrected chi connectivity index (χ4v) is 4.81. The van der Waals surface area contributed by atoms with Crippen LogP contribution in [-0.2, 0) is 19.8 Å². The minimum atomic E-state index is -4.53. The SMILES string of the molecule is Cc1nn(C)cc1N(Cc1cn2cc(C(F)(F)F)ccc2n1)C(=O)c1cc2c(cc1F)nc(N)c1cnc(C)n12. The maximum absolute atomic E-state index is 15.5. The van der Waals surface area contributed by atoms with Gasteiger partial charge in [0, 0.05) is 31.7 Å². The first-order chi connectivity index (χ1) is 18.9. The quantitative estimate of drug-likeness (QED) is 0.324. The molecular formula is C26H21F4N9O. The van der Waals surface area contributed by atoms with E-state index in [1.807, 2.05) is 0 Å². The van der Waals surface area contributed by atoms with E-state index >= 15 is 4.39 Å². The van der Waals surface area contributed by atoms with Crippen LogP contribution in [0, 0.1) is 19.7 Å². The van der Waals surface area contributed by atoms with Crippen LogP contribution in [0.2, 0.25) is 0 Å². The Hall–Kier alpha value is -5.01. The van der Waals surface area contributed by atoms with Crippen LogP contribution >= 0.6 is 0 Å². The van der Waals surface area contributed by atoms with Crippen LogP contribution in [0.3, 0.4) is 0 Å². The molecule has 2 N–H and O–H groups in total. The van der Waals surface area contributed by atoms with Gasteiger partial charge < -0.3 is 10.1 Å². The third-order valence-corrected chi connectivity index (χ3v) is 6.65. The van der Waals surface area contributed by atoms with E-state index < -0.39 is 23.5 Å². The standard InChI is InChI=1S/C26H21F4N9O/c1-13-22(12-36(3)35-13)38(11-16-10-37-9-15(26(28,29)30)4-5-23(37)33-16)25(40)17-6-20-19(7-18(17)27)34-24(31)21-8-32-14(2)39(20)21/h4-10,12H,11H2,1-3H3,(H2,31,34). The molecule has 0 aliphatic rings. The second-order valence-electron chi connectivity index (χ2n) is 9.42. The number of imidazole rings is 2. The number of pyridine rings is 1. The fourth-order valence-electron chi connectivity index (χ4n) is 4.81. The number of fused-ring (bicyclic) bond motifs is 4. The zero-order chi connectivity index (χ0) is 28.5. The molecule has 0 saturated carbocycles. The van der Waals surface area contributed by atoms with E-state index in [-0.39, 0.29) is 29.1 Å². The van der Waals surface area contributed by atoms with Crippen LogP contribution in [0.1, 0.15) is 33.1 Å². The number of nitrogen functional groups attached to an aromatic ring is 1. The Morgan fingerprint density at radius 2 is 1.85 bits per heavy atom. The molecule has 5 aromatic heterocycles. The van der Waals surface area contributed by atoms with Gasteiger partial charge in [-0.1, -0.05) is 0 Å². The number of hydrogen-bond donors (Lipinski definition) is 1. The van der Waals surface area contributed by atoms with Gasteiger partial charge in [-0.15, -0.1) is 0 Å². The minimum absolute atomic E-state index is 0.161. The van der Waals surface area contributed by atoms with Crippen molar-refractivity contribution in [1.29, 1.82) is 0 Å². The minimum Gasteiger partial charge on any atom is -0.382 e. The summed E-state index contributed by atoms with van der Waals surface area (Å²) in [5.41, 5.74) is 7.55. The summed E-state index contributed by atoms with van der Waals surface area (Å²) in [6, 6.07) is 4.70. The average molecular weight is 552 g/mol. The van der Waals surface area contributed by atoms with Gasteiger partial charge in [-0.3, -0.25) is 18.8 Å². The van der Waals surface area contributed by atoms with Crippen LogP contribution in [0.4, 0.5) is 29.1 Å². The number of nitrogens with two attached hydrogens (primary N) is 1. The Balaban J connectivity index is 1.47. The van der Waals surface area contributed by atoms with E-state index in [0.717, 1.165) is 18.3 Å². The number of aromatic nitrogens is 7. The molecule has 0 saturated heterocycles. The summed E-state index contributed by atoms with van der Waals surface area (Å²) in [6.07, 6.45) is 0.941. The highest BCUT2D eigenvalue weighted by molar-refractivity contribution is 6.08. The Labute approximate surface area is 223 Å². The van der Waals surface area contributed by atoms with Crippen LogP contribution in [-0.4, -0.2) is 39.4 Å². The summed E-state index contributed by atoms with van der Waals surface area (Å²) < 4.78 is 59.6. The summed E-state index contributed by atoms with van der Waals surface area (Å²) in [5, 5.41) is 4.30. The lowest BCUT2D eigenvalue weighted by Gasteiger charge is -2.22. The van der Waals surface area contributed by atoms with Gasteiger partial charge in [-0.2, -0.15) is 18.3 Å². The normalized spacial score (nSPS) is 12.2. The lowest BCUT2D eigenvalue weighted by atomic mass is 10.1. The number of aryl methyl sites for hydroxylation is 3. The molecule has 1 aromatic carbocycles. The molecule has 0 radical (unpaired) electrons. The molecule has 0 unspecified atom stereocenters. The molecule has 0 bridgehead atoms.